The summed E-state index contributed by atoms with van der Waals surface area (Å²) >= 11 is 0. The van der Waals surface area contributed by atoms with Crippen molar-refractivity contribution in [2.75, 3.05) is 0 Å². The van der Waals surface area contributed by atoms with E-state index in [-0.39, 0.29) is 16.2 Å². The van der Waals surface area contributed by atoms with Crippen LogP contribution >= 0.6 is 0 Å². The lowest BCUT2D eigenvalue weighted by atomic mass is 10.1. The Kier molecular flexibility index (Phi) is 6.69. The van der Waals surface area contributed by atoms with E-state index >= 15 is 0 Å². The molecule has 0 spiro atoms. The highest BCUT2D eigenvalue weighted by Gasteiger charge is 2.27. The first kappa shape index (κ1) is 21.7. The van der Waals surface area contributed by atoms with Crippen molar-refractivity contribution < 1.29 is 22.4 Å². The predicted octanol–water partition coefficient (Wildman–Crippen LogP) is 3.54. The fourth-order valence-electron chi connectivity index (χ4n) is 2.90. The van der Waals surface area contributed by atoms with Crippen LogP contribution in [0.5, 0.6) is 5.75 Å². The van der Waals surface area contributed by atoms with Gasteiger partial charge in [-0.25, -0.2) is 18.0 Å². The molecule has 30 heavy (non-hydrogen) atoms. The van der Waals surface area contributed by atoms with Gasteiger partial charge in [0.05, 0.1) is 4.90 Å². The van der Waals surface area contributed by atoms with Gasteiger partial charge in [0.1, 0.15) is 17.4 Å². The Labute approximate surface area is 174 Å². The zero-order valence-electron chi connectivity index (χ0n) is 16.8. The van der Waals surface area contributed by atoms with E-state index in [0.29, 0.717) is 18.2 Å². The summed E-state index contributed by atoms with van der Waals surface area (Å²) < 4.78 is 38.4. The lowest BCUT2D eigenvalue weighted by molar-refractivity contribution is -0.136. The first-order chi connectivity index (χ1) is 14.3. The number of ether oxygens (including phenoxy) is 1. The summed E-state index contributed by atoms with van der Waals surface area (Å²) in [5.41, 5.74) is 0.689. The average Bonchev–Trinajstić information content (AvgIpc) is 2.71. The number of nitrogens with one attached hydrogen (secondary N) is 1. The average molecular weight is 429 g/mol. The van der Waals surface area contributed by atoms with E-state index < -0.39 is 27.7 Å². The zero-order chi connectivity index (χ0) is 21.7. The molecule has 1 atom stereocenters. The molecule has 0 saturated heterocycles. The smallest absolute Gasteiger partial charge is 0.336 e. The SMILES string of the molecule is CCCC[C@@H](NS(=O)(=O)c1ccc(C)cc1)C(=O)Oc1ccc2ccc(=O)oc2c1. The van der Waals surface area contributed by atoms with E-state index in [1.54, 1.807) is 30.3 Å². The normalized spacial score (nSPS) is 12.6. The van der Waals surface area contributed by atoms with Gasteiger partial charge in [0, 0.05) is 17.5 Å². The molecule has 1 heterocycles. The molecule has 1 aromatic heterocycles. The van der Waals surface area contributed by atoms with E-state index in [0.717, 1.165) is 12.0 Å². The van der Waals surface area contributed by atoms with Gasteiger partial charge in [-0.2, -0.15) is 4.72 Å². The number of carbonyl (C=O) groups excluding carboxylic acids is 1. The van der Waals surface area contributed by atoms with Gasteiger partial charge in [-0.3, -0.25) is 0 Å². The third-order valence-corrected chi connectivity index (χ3v) is 6.06. The molecule has 7 nitrogen and oxygen atoms in total. The summed E-state index contributed by atoms with van der Waals surface area (Å²) in [7, 11) is -3.89. The molecule has 3 rings (SSSR count). The van der Waals surface area contributed by atoms with E-state index in [9.17, 15) is 18.0 Å². The third kappa shape index (κ3) is 5.34. The van der Waals surface area contributed by atoms with Crippen molar-refractivity contribution in [3.05, 3.63) is 70.6 Å². The maximum absolute atomic E-state index is 12.7. The van der Waals surface area contributed by atoms with Crippen molar-refractivity contribution in [2.45, 2.75) is 44.0 Å². The molecular formula is C22H23NO6S. The maximum atomic E-state index is 12.7. The lowest BCUT2D eigenvalue weighted by Gasteiger charge is -2.17. The second-order valence-corrected chi connectivity index (χ2v) is 8.72. The predicted molar refractivity (Wildman–Crippen MR) is 113 cm³/mol. The number of hydrogen-bond donors (Lipinski definition) is 1. The van der Waals surface area contributed by atoms with Gasteiger partial charge in [-0.05, 0) is 43.7 Å². The van der Waals surface area contributed by atoms with Gasteiger partial charge in [0.15, 0.2) is 0 Å². The van der Waals surface area contributed by atoms with Crippen molar-refractivity contribution in [2.24, 2.45) is 0 Å². The van der Waals surface area contributed by atoms with Crippen LogP contribution in [0.3, 0.4) is 0 Å². The molecule has 0 fully saturated rings. The van der Waals surface area contributed by atoms with Crippen molar-refractivity contribution in [3.63, 3.8) is 0 Å². The van der Waals surface area contributed by atoms with Gasteiger partial charge in [-0.15, -0.1) is 0 Å². The number of fused-ring (bicyclic) bond motifs is 1. The summed E-state index contributed by atoms with van der Waals surface area (Å²) in [6.07, 6.45) is 1.73. The molecule has 0 aliphatic heterocycles. The highest BCUT2D eigenvalue weighted by molar-refractivity contribution is 7.89. The Bertz CT molecular complexity index is 1200. The standard InChI is InChI=1S/C22H23NO6S/c1-3-4-5-19(23-30(26,27)18-11-6-15(2)7-12-18)22(25)28-17-10-8-16-9-13-21(24)29-20(16)14-17/h6-14,19,23H,3-5H2,1-2H3/t19-/m1/s1. The topological polar surface area (TPSA) is 103 Å². The molecule has 0 amide bonds. The minimum absolute atomic E-state index is 0.0786. The molecular weight excluding hydrogens is 406 g/mol. The maximum Gasteiger partial charge on any atom is 0.336 e. The number of unbranched alkanes of at least 4 members (excludes halogenated alkanes) is 1. The monoisotopic (exact) mass is 429 g/mol. The van der Waals surface area contributed by atoms with Crippen LogP contribution in [0, 0.1) is 6.92 Å². The summed E-state index contributed by atoms with van der Waals surface area (Å²) in [5.74, 6) is -0.561. The van der Waals surface area contributed by atoms with Crippen LogP contribution in [-0.2, 0) is 14.8 Å². The van der Waals surface area contributed by atoms with Crippen LogP contribution in [0.4, 0.5) is 0 Å². The van der Waals surface area contributed by atoms with Gasteiger partial charge in [-0.1, -0.05) is 37.5 Å². The number of sulfonamides is 1. The molecule has 3 aromatic rings. The molecule has 0 radical (unpaired) electrons. The van der Waals surface area contributed by atoms with Gasteiger partial charge in [0.2, 0.25) is 10.0 Å². The number of esters is 1. The van der Waals surface area contributed by atoms with Crippen LogP contribution in [-0.4, -0.2) is 20.4 Å². The van der Waals surface area contributed by atoms with Gasteiger partial charge >= 0.3 is 11.6 Å². The van der Waals surface area contributed by atoms with Crippen molar-refractivity contribution in [1.29, 1.82) is 0 Å². The fraction of sp³-hybridized carbons (Fsp3) is 0.273. The Morgan fingerprint density at radius 3 is 2.50 bits per heavy atom. The summed E-state index contributed by atoms with van der Waals surface area (Å²) in [6, 6.07) is 12.9. The number of hydrogen-bond acceptors (Lipinski definition) is 6. The summed E-state index contributed by atoms with van der Waals surface area (Å²) in [5, 5.41) is 0.678. The van der Waals surface area contributed by atoms with Crippen molar-refractivity contribution >= 4 is 27.0 Å². The highest BCUT2D eigenvalue weighted by atomic mass is 32.2. The quantitative estimate of drug-likeness (QED) is 0.334. The second-order valence-electron chi connectivity index (χ2n) is 7.00. The van der Waals surface area contributed by atoms with Crippen LogP contribution in [0.25, 0.3) is 11.0 Å². The Morgan fingerprint density at radius 2 is 1.80 bits per heavy atom. The largest absolute Gasteiger partial charge is 0.425 e. The van der Waals surface area contributed by atoms with Crippen molar-refractivity contribution in [3.8, 4) is 5.75 Å². The first-order valence-electron chi connectivity index (χ1n) is 9.63. The van der Waals surface area contributed by atoms with Gasteiger partial charge < -0.3 is 9.15 Å². The Morgan fingerprint density at radius 1 is 1.10 bits per heavy atom. The number of rotatable bonds is 8. The minimum Gasteiger partial charge on any atom is -0.425 e. The molecule has 0 unspecified atom stereocenters. The third-order valence-electron chi connectivity index (χ3n) is 4.57. The molecule has 0 aliphatic rings. The van der Waals surface area contributed by atoms with Crippen molar-refractivity contribution in [1.82, 2.24) is 4.72 Å². The number of aryl methyl sites for hydroxylation is 1. The molecule has 0 saturated carbocycles. The summed E-state index contributed by atoms with van der Waals surface area (Å²) in [6.45, 7) is 3.80. The molecule has 8 heteroatoms. The van der Waals surface area contributed by atoms with E-state index in [2.05, 4.69) is 4.72 Å². The molecule has 158 valence electrons. The van der Waals surface area contributed by atoms with Crippen LogP contribution < -0.4 is 15.1 Å². The molecule has 0 aliphatic carbocycles. The first-order valence-corrected chi connectivity index (χ1v) is 11.1. The minimum atomic E-state index is -3.89. The van der Waals surface area contributed by atoms with Crippen LogP contribution in [0.15, 0.2) is 68.7 Å². The van der Waals surface area contributed by atoms with Crippen LogP contribution in [0.2, 0.25) is 0 Å². The fourth-order valence-corrected chi connectivity index (χ4v) is 4.12. The van der Waals surface area contributed by atoms with Gasteiger partial charge in [0.25, 0.3) is 0 Å². The summed E-state index contributed by atoms with van der Waals surface area (Å²) in [4.78, 5) is 24.2. The zero-order valence-corrected chi connectivity index (χ0v) is 17.6. The highest BCUT2D eigenvalue weighted by Crippen LogP contribution is 2.21. The van der Waals surface area contributed by atoms with E-state index in [1.807, 2.05) is 13.8 Å². The van der Waals surface area contributed by atoms with E-state index in [4.69, 9.17) is 9.15 Å². The number of carbonyl (C=O) groups is 1. The molecule has 1 N–H and O–H groups in total. The Hall–Kier alpha value is -2.97. The van der Waals surface area contributed by atoms with E-state index in [1.165, 1.54) is 24.3 Å². The van der Waals surface area contributed by atoms with Crippen LogP contribution in [0.1, 0.15) is 31.7 Å². The molecule has 2 aromatic carbocycles. The Balaban J connectivity index is 1.81. The number of benzene rings is 2. The molecule has 0 bridgehead atoms. The second kappa shape index (κ2) is 9.23. The lowest BCUT2D eigenvalue weighted by Crippen LogP contribution is -2.42.